The Bertz CT molecular complexity index is 261. The van der Waals surface area contributed by atoms with Crippen LogP contribution in [0, 0.1) is 22.7 Å². The Morgan fingerprint density at radius 1 is 1.25 bits per heavy atom. The first-order chi connectivity index (χ1) is 7.42. The van der Waals surface area contributed by atoms with Crippen molar-refractivity contribution in [1.29, 1.82) is 0 Å². The number of fused-ring (bicyclic) bond motifs is 1. The van der Waals surface area contributed by atoms with Gasteiger partial charge in [0, 0.05) is 6.61 Å². The Kier molecular flexibility index (Phi) is 3.09. The zero-order valence-electron chi connectivity index (χ0n) is 10.9. The molecular weight excluding hydrogens is 200 g/mol. The van der Waals surface area contributed by atoms with E-state index in [0.717, 1.165) is 19.3 Å². The van der Waals surface area contributed by atoms with E-state index in [1.165, 1.54) is 12.8 Å². The first-order valence-electron chi connectivity index (χ1n) is 6.71. The minimum absolute atomic E-state index is 0.000556. The Morgan fingerprint density at radius 3 is 2.56 bits per heavy atom. The lowest BCUT2D eigenvalue weighted by molar-refractivity contribution is -0.0545. The Labute approximate surface area is 99.1 Å². The molecule has 2 aliphatic carbocycles. The van der Waals surface area contributed by atoms with Gasteiger partial charge in [-0.25, -0.2) is 0 Å². The van der Waals surface area contributed by atoms with Crippen molar-refractivity contribution in [2.75, 3.05) is 6.61 Å². The third-order valence-corrected chi connectivity index (χ3v) is 5.44. The van der Waals surface area contributed by atoms with Crippen LogP contribution in [0.3, 0.4) is 0 Å². The molecule has 2 saturated carbocycles. The van der Waals surface area contributed by atoms with Gasteiger partial charge in [-0.05, 0) is 48.3 Å². The molecule has 0 bridgehead atoms. The summed E-state index contributed by atoms with van der Waals surface area (Å²) in [7, 11) is 0. The third kappa shape index (κ3) is 1.70. The summed E-state index contributed by atoms with van der Waals surface area (Å²) in [5, 5.41) is 19.7. The first kappa shape index (κ1) is 12.4. The zero-order chi connectivity index (χ0) is 12.0. The summed E-state index contributed by atoms with van der Waals surface area (Å²) in [4.78, 5) is 0. The standard InChI is InChI=1S/C14H26O2/c1-13(2,9-15)12-7-6-10-11(16)5-4-8-14(10,12)3/h10-12,15-16H,4-9H2,1-3H3/t10-,11-,12?,14-/m0/s1. The van der Waals surface area contributed by atoms with Gasteiger partial charge in [0.15, 0.2) is 0 Å². The third-order valence-electron chi connectivity index (χ3n) is 5.44. The molecule has 2 rings (SSSR count). The van der Waals surface area contributed by atoms with Crippen LogP contribution in [-0.4, -0.2) is 22.9 Å². The Balaban J connectivity index is 2.24. The van der Waals surface area contributed by atoms with Gasteiger partial charge in [-0.2, -0.15) is 0 Å². The van der Waals surface area contributed by atoms with E-state index in [0.29, 0.717) is 11.8 Å². The molecule has 2 aliphatic rings. The second-order valence-electron chi connectivity index (χ2n) is 6.85. The topological polar surface area (TPSA) is 40.5 Å². The van der Waals surface area contributed by atoms with E-state index >= 15 is 0 Å². The van der Waals surface area contributed by atoms with Crippen LogP contribution in [0.5, 0.6) is 0 Å². The summed E-state index contributed by atoms with van der Waals surface area (Å²) in [5.41, 5.74) is 0.254. The molecule has 0 aliphatic heterocycles. The van der Waals surface area contributed by atoms with E-state index in [4.69, 9.17) is 0 Å². The second-order valence-corrected chi connectivity index (χ2v) is 6.85. The van der Waals surface area contributed by atoms with E-state index in [2.05, 4.69) is 20.8 Å². The maximum Gasteiger partial charge on any atom is 0.0573 e. The van der Waals surface area contributed by atoms with Crippen LogP contribution < -0.4 is 0 Å². The highest BCUT2D eigenvalue weighted by Gasteiger charge is 2.54. The maximum atomic E-state index is 10.1. The molecule has 0 radical (unpaired) electrons. The van der Waals surface area contributed by atoms with Crippen molar-refractivity contribution in [2.45, 2.75) is 59.0 Å². The maximum absolute atomic E-state index is 10.1. The molecule has 2 nitrogen and oxygen atoms in total. The van der Waals surface area contributed by atoms with Gasteiger partial charge < -0.3 is 10.2 Å². The Hall–Kier alpha value is -0.0800. The molecule has 0 spiro atoms. The first-order valence-corrected chi connectivity index (χ1v) is 6.71. The van der Waals surface area contributed by atoms with Gasteiger partial charge in [0.25, 0.3) is 0 Å². The molecule has 2 heteroatoms. The highest BCUT2D eigenvalue weighted by molar-refractivity contribution is 5.04. The molecule has 16 heavy (non-hydrogen) atoms. The summed E-state index contributed by atoms with van der Waals surface area (Å²) in [6.07, 6.45) is 5.57. The van der Waals surface area contributed by atoms with E-state index in [9.17, 15) is 10.2 Å². The largest absolute Gasteiger partial charge is 0.396 e. The van der Waals surface area contributed by atoms with Crippen LogP contribution in [0.2, 0.25) is 0 Å². The molecule has 0 aromatic carbocycles. The van der Waals surface area contributed by atoms with Crippen LogP contribution in [-0.2, 0) is 0 Å². The van der Waals surface area contributed by atoms with Crippen LogP contribution in [0.1, 0.15) is 52.9 Å². The molecule has 4 atom stereocenters. The SMILES string of the molecule is CC(C)(CO)C1CC[C@H]2[C@@H](O)CCC[C@]12C. The van der Waals surface area contributed by atoms with Gasteiger partial charge in [-0.3, -0.25) is 0 Å². The summed E-state index contributed by atoms with van der Waals surface area (Å²) >= 11 is 0. The lowest BCUT2D eigenvalue weighted by atomic mass is 9.58. The van der Waals surface area contributed by atoms with Gasteiger partial charge >= 0.3 is 0 Å². The minimum Gasteiger partial charge on any atom is -0.396 e. The number of rotatable bonds is 2. The fourth-order valence-corrected chi connectivity index (χ4v) is 4.54. The quantitative estimate of drug-likeness (QED) is 0.760. The van der Waals surface area contributed by atoms with Crippen molar-refractivity contribution in [1.82, 2.24) is 0 Å². The van der Waals surface area contributed by atoms with Gasteiger partial charge in [0.1, 0.15) is 0 Å². The lowest BCUT2D eigenvalue weighted by Gasteiger charge is -2.48. The van der Waals surface area contributed by atoms with Gasteiger partial charge in [-0.15, -0.1) is 0 Å². The van der Waals surface area contributed by atoms with Crippen LogP contribution >= 0.6 is 0 Å². The van der Waals surface area contributed by atoms with Gasteiger partial charge in [-0.1, -0.05) is 27.2 Å². The number of aliphatic hydroxyl groups is 2. The minimum atomic E-state index is -0.0988. The average Bonchev–Trinajstić information content (AvgIpc) is 2.57. The van der Waals surface area contributed by atoms with Crippen molar-refractivity contribution in [3.05, 3.63) is 0 Å². The molecular formula is C14H26O2. The van der Waals surface area contributed by atoms with E-state index < -0.39 is 0 Å². The molecule has 0 aromatic heterocycles. The van der Waals surface area contributed by atoms with Crippen LogP contribution in [0.15, 0.2) is 0 Å². The zero-order valence-corrected chi connectivity index (χ0v) is 10.9. The molecule has 1 unspecified atom stereocenters. The fourth-order valence-electron chi connectivity index (χ4n) is 4.54. The van der Waals surface area contributed by atoms with Crippen molar-refractivity contribution in [3.8, 4) is 0 Å². The predicted molar refractivity (Wildman–Crippen MR) is 65.0 cm³/mol. The molecule has 0 aromatic rings. The van der Waals surface area contributed by atoms with Crippen molar-refractivity contribution in [2.24, 2.45) is 22.7 Å². The molecule has 94 valence electrons. The smallest absolute Gasteiger partial charge is 0.0573 e. The van der Waals surface area contributed by atoms with Gasteiger partial charge in [0.05, 0.1) is 6.10 Å². The fraction of sp³-hybridized carbons (Fsp3) is 1.00. The molecule has 2 N–H and O–H groups in total. The molecule has 0 saturated heterocycles. The number of aliphatic hydroxyl groups excluding tert-OH is 2. The van der Waals surface area contributed by atoms with Crippen LogP contribution in [0.25, 0.3) is 0 Å². The highest BCUT2D eigenvalue weighted by atomic mass is 16.3. The predicted octanol–water partition coefficient (Wildman–Crippen LogP) is 2.58. The van der Waals surface area contributed by atoms with E-state index in [1.54, 1.807) is 0 Å². The van der Waals surface area contributed by atoms with E-state index in [-0.39, 0.29) is 23.5 Å². The summed E-state index contributed by atoms with van der Waals surface area (Å²) in [6, 6.07) is 0. The highest BCUT2D eigenvalue weighted by Crippen LogP contribution is 2.60. The van der Waals surface area contributed by atoms with E-state index in [1.807, 2.05) is 0 Å². The van der Waals surface area contributed by atoms with Crippen molar-refractivity contribution >= 4 is 0 Å². The summed E-state index contributed by atoms with van der Waals surface area (Å²) in [5.74, 6) is 1.03. The second kappa shape index (κ2) is 3.99. The molecule has 2 fully saturated rings. The lowest BCUT2D eigenvalue weighted by Crippen LogP contribution is -2.45. The van der Waals surface area contributed by atoms with Crippen LogP contribution in [0.4, 0.5) is 0 Å². The van der Waals surface area contributed by atoms with Crippen molar-refractivity contribution < 1.29 is 10.2 Å². The normalized spacial score (nSPS) is 44.4. The summed E-state index contributed by atoms with van der Waals surface area (Å²) in [6.45, 7) is 6.95. The Morgan fingerprint density at radius 2 is 1.94 bits per heavy atom. The summed E-state index contributed by atoms with van der Waals surface area (Å²) < 4.78 is 0. The van der Waals surface area contributed by atoms with Gasteiger partial charge in [0.2, 0.25) is 0 Å². The van der Waals surface area contributed by atoms with Crippen molar-refractivity contribution in [3.63, 3.8) is 0 Å². The monoisotopic (exact) mass is 226 g/mol. The molecule has 0 heterocycles. The number of hydrogen-bond donors (Lipinski definition) is 2. The molecule has 0 amide bonds. The average molecular weight is 226 g/mol. The number of hydrogen-bond acceptors (Lipinski definition) is 2.